The molecule has 0 saturated carbocycles. The van der Waals surface area contributed by atoms with E-state index in [1.54, 1.807) is 0 Å². The van der Waals surface area contributed by atoms with E-state index in [2.05, 4.69) is 13.5 Å². The number of rotatable bonds is 13. The van der Waals surface area contributed by atoms with Crippen LogP contribution in [0.2, 0.25) is 0 Å². The molecule has 6 heteroatoms. The minimum Gasteiger partial charge on any atom is -0.432 e. The highest BCUT2D eigenvalue weighted by Gasteiger charge is 2.47. The Morgan fingerprint density at radius 3 is 2.05 bits per heavy atom. The number of carbonyl (C=O) groups excluding carboxylic acids is 1. The van der Waals surface area contributed by atoms with E-state index in [4.69, 9.17) is 18.0 Å². The van der Waals surface area contributed by atoms with E-state index in [-0.39, 0.29) is 0 Å². The van der Waals surface area contributed by atoms with Gasteiger partial charge in [-0.15, -0.1) is 0 Å². The first-order valence-corrected chi connectivity index (χ1v) is 9.52. The zero-order chi connectivity index (χ0) is 16.8. The molecule has 0 aromatic rings. The second kappa shape index (κ2) is 12.6. The van der Waals surface area contributed by atoms with Crippen LogP contribution in [0.25, 0.3) is 0 Å². The second-order valence-corrected chi connectivity index (χ2v) is 7.79. The predicted octanol–water partition coefficient (Wildman–Crippen LogP) is 3.77. The summed E-state index contributed by atoms with van der Waals surface area (Å²) in [5.74, 6) is -0.529. The van der Waals surface area contributed by atoms with Gasteiger partial charge in [0.1, 0.15) is 5.20 Å². The molecular weight excluding hydrogens is 300 g/mol. The van der Waals surface area contributed by atoms with Gasteiger partial charge in [-0.05, 0) is 12.8 Å². The highest BCUT2D eigenvalue weighted by atomic mass is 28.4. The van der Waals surface area contributed by atoms with Crippen LogP contribution < -0.4 is 0 Å². The summed E-state index contributed by atoms with van der Waals surface area (Å²) >= 11 is 0. The van der Waals surface area contributed by atoms with Crippen LogP contribution in [0.4, 0.5) is 0 Å². The van der Waals surface area contributed by atoms with Gasteiger partial charge in [0, 0.05) is 21.3 Å². The van der Waals surface area contributed by atoms with Gasteiger partial charge in [0.15, 0.2) is 0 Å². The van der Waals surface area contributed by atoms with Crippen molar-refractivity contribution in [2.45, 2.75) is 51.9 Å². The molecule has 0 aliphatic rings. The number of allylic oxidation sites excluding steroid dienone is 1. The van der Waals surface area contributed by atoms with Gasteiger partial charge < -0.3 is 18.0 Å². The summed E-state index contributed by atoms with van der Waals surface area (Å²) in [5, 5.41) is 0.327. The van der Waals surface area contributed by atoms with Gasteiger partial charge in [0.05, 0.1) is 6.26 Å². The van der Waals surface area contributed by atoms with Crippen molar-refractivity contribution in [1.29, 1.82) is 0 Å². The minimum absolute atomic E-state index is 0.327. The zero-order valence-corrected chi connectivity index (χ0v) is 15.4. The standard InChI is InChI=1S/C16H30O5Si/c1-6-8-9-10-11-12-13-14-15(16(17)21-7-2)22(18-3,19-4)20-5/h7,14H,2,6,8-13H2,1,3-5H3. The SMILES string of the molecule is C=COC(=O)C(=CCCCCCCCC)[Si](OC)(OC)OC. The molecule has 0 aliphatic carbocycles. The Bertz CT molecular complexity index is 342. The zero-order valence-electron chi connectivity index (χ0n) is 14.4. The molecule has 0 radical (unpaired) electrons. The van der Waals surface area contributed by atoms with Crippen LogP contribution >= 0.6 is 0 Å². The Kier molecular flexibility index (Phi) is 12.0. The predicted molar refractivity (Wildman–Crippen MR) is 89.1 cm³/mol. The van der Waals surface area contributed by atoms with Crippen molar-refractivity contribution in [3.63, 3.8) is 0 Å². The van der Waals surface area contributed by atoms with Gasteiger partial charge in [-0.25, -0.2) is 4.79 Å². The van der Waals surface area contributed by atoms with Crippen LogP contribution in [0.5, 0.6) is 0 Å². The summed E-state index contributed by atoms with van der Waals surface area (Å²) in [6, 6.07) is 0. The van der Waals surface area contributed by atoms with E-state index < -0.39 is 14.8 Å². The van der Waals surface area contributed by atoms with Crippen LogP contribution in [0.15, 0.2) is 24.1 Å². The van der Waals surface area contributed by atoms with Crippen LogP contribution in [0, 0.1) is 0 Å². The van der Waals surface area contributed by atoms with Crippen LogP contribution in [0.3, 0.4) is 0 Å². The van der Waals surface area contributed by atoms with Crippen LogP contribution in [0.1, 0.15) is 51.9 Å². The number of hydrogen-bond acceptors (Lipinski definition) is 5. The lowest BCUT2D eigenvalue weighted by molar-refractivity contribution is -0.133. The Labute approximate surface area is 135 Å². The van der Waals surface area contributed by atoms with E-state index in [1.807, 2.05) is 6.08 Å². The van der Waals surface area contributed by atoms with Gasteiger partial charge in [0.25, 0.3) is 0 Å². The fourth-order valence-corrected chi connectivity index (χ4v) is 4.09. The monoisotopic (exact) mass is 330 g/mol. The van der Waals surface area contributed by atoms with Crippen molar-refractivity contribution in [3.05, 3.63) is 24.1 Å². The quantitative estimate of drug-likeness (QED) is 0.169. The van der Waals surface area contributed by atoms with Crippen molar-refractivity contribution >= 4 is 14.8 Å². The van der Waals surface area contributed by atoms with Crippen molar-refractivity contribution in [3.8, 4) is 0 Å². The first-order valence-electron chi connectivity index (χ1n) is 7.79. The highest BCUT2D eigenvalue weighted by Crippen LogP contribution is 2.21. The first kappa shape index (κ1) is 21.0. The molecule has 0 N–H and O–H groups in total. The molecule has 0 aliphatic heterocycles. The number of esters is 1. The Morgan fingerprint density at radius 2 is 1.55 bits per heavy atom. The average Bonchev–Trinajstić information content (AvgIpc) is 2.54. The smallest absolute Gasteiger partial charge is 0.432 e. The average molecular weight is 330 g/mol. The van der Waals surface area contributed by atoms with Gasteiger partial charge in [-0.3, -0.25) is 0 Å². The number of unbranched alkanes of at least 4 members (excludes halogenated alkanes) is 6. The molecule has 0 spiro atoms. The van der Waals surface area contributed by atoms with E-state index in [0.29, 0.717) is 5.20 Å². The third-order valence-electron chi connectivity index (χ3n) is 3.45. The van der Waals surface area contributed by atoms with E-state index in [9.17, 15) is 4.79 Å². The Hall–Kier alpha value is -0.953. The van der Waals surface area contributed by atoms with Crippen molar-refractivity contribution in [2.75, 3.05) is 21.3 Å². The summed E-state index contributed by atoms with van der Waals surface area (Å²) < 4.78 is 21.0. The second-order valence-electron chi connectivity index (χ2n) is 4.91. The maximum Gasteiger partial charge on any atom is 0.543 e. The van der Waals surface area contributed by atoms with Gasteiger partial charge in [-0.2, -0.15) is 0 Å². The molecule has 0 aromatic heterocycles. The van der Waals surface area contributed by atoms with Gasteiger partial charge in [-0.1, -0.05) is 51.7 Å². The van der Waals surface area contributed by atoms with Gasteiger partial charge >= 0.3 is 14.8 Å². The van der Waals surface area contributed by atoms with Crippen molar-refractivity contribution in [2.24, 2.45) is 0 Å². The largest absolute Gasteiger partial charge is 0.543 e. The lowest BCUT2D eigenvalue weighted by Crippen LogP contribution is -2.48. The molecule has 128 valence electrons. The Balaban J connectivity index is 4.75. The third-order valence-corrected chi connectivity index (χ3v) is 6.13. The first-order chi connectivity index (χ1) is 10.6. The maximum atomic E-state index is 12.1. The normalized spacial score (nSPS) is 12.3. The van der Waals surface area contributed by atoms with Crippen molar-refractivity contribution < 1.29 is 22.8 Å². The summed E-state index contributed by atoms with van der Waals surface area (Å²) in [4.78, 5) is 12.1. The lowest BCUT2D eigenvalue weighted by atomic mass is 10.1. The number of carbonyl (C=O) groups is 1. The number of ether oxygens (including phenoxy) is 1. The maximum absolute atomic E-state index is 12.1. The number of hydrogen-bond donors (Lipinski definition) is 0. The van der Waals surface area contributed by atoms with E-state index >= 15 is 0 Å². The summed E-state index contributed by atoms with van der Waals surface area (Å²) in [5.41, 5.74) is 0. The molecule has 0 rings (SSSR count). The Morgan fingerprint density at radius 1 is 1.00 bits per heavy atom. The lowest BCUT2D eigenvalue weighted by Gasteiger charge is -2.25. The molecule has 0 bridgehead atoms. The summed E-state index contributed by atoms with van der Waals surface area (Å²) in [6.07, 6.45) is 10.8. The minimum atomic E-state index is -3.19. The molecule has 0 amide bonds. The molecule has 0 aromatic carbocycles. The molecule has 0 atom stereocenters. The van der Waals surface area contributed by atoms with Crippen LogP contribution in [-0.4, -0.2) is 36.1 Å². The summed E-state index contributed by atoms with van der Waals surface area (Å²) in [7, 11) is 1.22. The molecule has 22 heavy (non-hydrogen) atoms. The van der Waals surface area contributed by atoms with Gasteiger partial charge in [0.2, 0.25) is 0 Å². The third kappa shape index (κ3) is 6.87. The fourth-order valence-electron chi connectivity index (χ4n) is 2.22. The van der Waals surface area contributed by atoms with Crippen LogP contribution in [-0.2, 0) is 22.8 Å². The van der Waals surface area contributed by atoms with E-state index in [0.717, 1.165) is 25.5 Å². The molecule has 0 heterocycles. The molecular formula is C16H30O5Si. The molecule has 0 fully saturated rings. The molecule has 0 unspecified atom stereocenters. The van der Waals surface area contributed by atoms with Crippen molar-refractivity contribution in [1.82, 2.24) is 0 Å². The van der Waals surface area contributed by atoms with E-state index in [1.165, 1.54) is 47.0 Å². The highest BCUT2D eigenvalue weighted by molar-refractivity contribution is 6.73. The molecule has 5 nitrogen and oxygen atoms in total. The molecule has 0 saturated heterocycles. The fraction of sp³-hybridized carbons (Fsp3) is 0.688. The topological polar surface area (TPSA) is 54.0 Å². The summed E-state index contributed by atoms with van der Waals surface area (Å²) in [6.45, 7) is 5.60.